The molecule has 0 N–H and O–H groups in total. The lowest BCUT2D eigenvalue weighted by atomic mass is 10.0. The summed E-state index contributed by atoms with van der Waals surface area (Å²) in [5.74, 6) is 12.0. The summed E-state index contributed by atoms with van der Waals surface area (Å²) < 4.78 is 11.8. The Morgan fingerprint density at radius 2 is 0.868 bits per heavy atom. The van der Waals surface area contributed by atoms with Crippen molar-refractivity contribution in [1.29, 1.82) is 0 Å². The molecule has 2 aromatic carbocycles. The van der Waals surface area contributed by atoms with E-state index in [1.807, 2.05) is 24.3 Å². The Balaban J connectivity index is 1.93. The summed E-state index contributed by atoms with van der Waals surface area (Å²) in [7, 11) is 0. The fourth-order valence-corrected chi connectivity index (χ4v) is 4.35. The summed E-state index contributed by atoms with van der Waals surface area (Å²) in [6, 6.07) is 12.0. The second-order valence-corrected chi connectivity index (χ2v) is 10.0. The molecule has 0 bridgehead atoms. The van der Waals surface area contributed by atoms with Crippen LogP contribution in [0.4, 0.5) is 0 Å². The molecule has 0 saturated heterocycles. The SMILES string of the molecule is C#Cc1cc(C#Cc2cc(C#C)cc(COCCCCCCCC)c2)cc(COCCCCCCCC)c1. The zero-order valence-corrected chi connectivity index (χ0v) is 23.7. The maximum Gasteiger partial charge on any atom is 0.0717 e. The van der Waals surface area contributed by atoms with E-state index in [4.69, 9.17) is 22.3 Å². The molecular weight excluding hydrogens is 464 g/mol. The first kappa shape index (κ1) is 31.3. The van der Waals surface area contributed by atoms with Crippen LogP contribution in [-0.4, -0.2) is 13.2 Å². The van der Waals surface area contributed by atoms with Crippen LogP contribution in [-0.2, 0) is 22.7 Å². The monoisotopic (exact) mass is 510 g/mol. The van der Waals surface area contributed by atoms with E-state index in [-0.39, 0.29) is 0 Å². The van der Waals surface area contributed by atoms with Gasteiger partial charge in [0.15, 0.2) is 0 Å². The van der Waals surface area contributed by atoms with Gasteiger partial charge in [-0.05, 0) is 60.4 Å². The number of hydrogen-bond donors (Lipinski definition) is 0. The number of ether oxygens (including phenoxy) is 2. The summed E-state index contributed by atoms with van der Waals surface area (Å²) in [6.45, 7) is 7.13. The topological polar surface area (TPSA) is 18.5 Å². The van der Waals surface area contributed by atoms with Crippen LogP contribution < -0.4 is 0 Å². The highest BCUT2D eigenvalue weighted by molar-refractivity contribution is 5.51. The molecule has 0 aromatic heterocycles. The van der Waals surface area contributed by atoms with E-state index in [0.717, 1.165) is 59.4 Å². The van der Waals surface area contributed by atoms with Crippen LogP contribution in [0.3, 0.4) is 0 Å². The molecule has 2 heteroatoms. The van der Waals surface area contributed by atoms with Gasteiger partial charge in [-0.1, -0.05) is 102 Å². The molecule has 2 aromatic rings. The van der Waals surface area contributed by atoms with Crippen molar-refractivity contribution < 1.29 is 9.47 Å². The maximum absolute atomic E-state index is 5.92. The smallest absolute Gasteiger partial charge is 0.0717 e. The summed E-state index contributed by atoms with van der Waals surface area (Å²) in [5, 5.41) is 0. The normalized spacial score (nSPS) is 10.4. The molecule has 0 aliphatic carbocycles. The molecule has 2 rings (SSSR count). The zero-order chi connectivity index (χ0) is 27.3. The van der Waals surface area contributed by atoms with Gasteiger partial charge < -0.3 is 9.47 Å². The number of benzene rings is 2. The van der Waals surface area contributed by atoms with Crippen molar-refractivity contribution in [2.24, 2.45) is 0 Å². The molecule has 0 amide bonds. The van der Waals surface area contributed by atoms with Crippen molar-refractivity contribution in [3.63, 3.8) is 0 Å². The molecular formula is C36H46O2. The Morgan fingerprint density at radius 1 is 0.500 bits per heavy atom. The zero-order valence-electron chi connectivity index (χ0n) is 23.7. The first-order valence-corrected chi connectivity index (χ1v) is 14.6. The van der Waals surface area contributed by atoms with Gasteiger partial charge in [0.05, 0.1) is 13.2 Å². The Morgan fingerprint density at radius 3 is 1.26 bits per heavy atom. The van der Waals surface area contributed by atoms with E-state index in [1.54, 1.807) is 0 Å². The highest BCUT2D eigenvalue weighted by atomic mass is 16.5. The predicted octanol–water partition coefficient (Wildman–Crippen LogP) is 8.80. The van der Waals surface area contributed by atoms with Crippen LogP contribution in [0, 0.1) is 36.5 Å². The molecule has 0 radical (unpaired) electrons. The quantitative estimate of drug-likeness (QED) is 0.147. The fourth-order valence-electron chi connectivity index (χ4n) is 4.35. The fraction of sp³-hybridized carbons (Fsp3) is 0.500. The van der Waals surface area contributed by atoms with Crippen LogP contribution in [0.15, 0.2) is 36.4 Å². The van der Waals surface area contributed by atoms with E-state index in [0.29, 0.717) is 13.2 Å². The molecule has 0 saturated carbocycles. The number of terminal acetylenes is 2. The summed E-state index contributed by atoms with van der Waals surface area (Å²) in [4.78, 5) is 0. The van der Waals surface area contributed by atoms with Gasteiger partial charge in [-0.25, -0.2) is 0 Å². The van der Waals surface area contributed by atoms with Gasteiger partial charge in [-0.3, -0.25) is 0 Å². The molecule has 202 valence electrons. The molecule has 0 heterocycles. The number of rotatable bonds is 18. The average Bonchev–Trinajstić information content (AvgIpc) is 2.94. The standard InChI is InChI=1S/C36H46O2/c1-5-9-11-13-15-17-21-37-29-35-25-31(7-3)23-33(27-35)19-20-34-24-32(8-4)26-36(28-34)30-38-22-18-16-14-12-10-6-2/h3-4,23-28H,5-6,9-18,21-22,29-30H2,1-2H3. The Labute approximate surface area is 232 Å². The highest BCUT2D eigenvalue weighted by Gasteiger charge is 2.02. The van der Waals surface area contributed by atoms with Crippen LogP contribution in [0.2, 0.25) is 0 Å². The Kier molecular flexibility index (Phi) is 16.5. The predicted molar refractivity (Wildman–Crippen MR) is 161 cm³/mol. The van der Waals surface area contributed by atoms with E-state index in [2.05, 4.69) is 49.7 Å². The largest absolute Gasteiger partial charge is 0.377 e. The van der Waals surface area contributed by atoms with Crippen LogP contribution >= 0.6 is 0 Å². The molecule has 0 aliphatic rings. The van der Waals surface area contributed by atoms with Crippen molar-refractivity contribution >= 4 is 0 Å². The van der Waals surface area contributed by atoms with Crippen LogP contribution in [0.5, 0.6) is 0 Å². The average molecular weight is 511 g/mol. The highest BCUT2D eigenvalue weighted by Crippen LogP contribution is 2.14. The van der Waals surface area contributed by atoms with Gasteiger partial charge in [-0.15, -0.1) is 12.8 Å². The molecule has 0 spiro atoms. The second-order valence-electron chi connectivity index (χ2n) is 10.0. The molecule has 2 nitrogen and oxygen atoms in total. The number of unbranched alkanes of at least 4 members (excludes halogenated alkanes) is 10. The third-order valence-corrected chi connectivity index (χ3v) is 6.49. The van der Waals surface area contributed by atoms with Gasteiger partial charge >= 0.3 is 0 Å². The Hall–Kier alpha value is -2.96. The van der Waals surface area contributed by atoms with E-state index in [1.165, 1.54) is 64.2 Å². The van der Waals surface area contributed by atoms with Crippen LogP contribution in [0.25, 0.3) is 0 Å². The summed E-state index contributed by atoms with van der Waals surface area (Å²) in [6.07, 6.45) is 26.5. The van der Waals surface area contributed by atoms with Gasteiger partial charge in [0.1, 0.15) is 0 Å². The molecule has 0 aliphatic heterocycles. The van der Waals surface area contributed by atoms with Crippen molar-refractivity contribution in [3.05, 3.63) is 69.8 Å². The third kappa shape index (κ3) is 13.5. The van der Waals surface area contributed by atoms with Gasteiger partial charge in [0.2, 0.25) is 0 Å². The number of hydrogen-bond acceptors (Lipinski definition) is 2. The van der Waals surface area contributed by atoms with E-state index in [9.17, 15) is 0 Å². The summed E-state index contributed by atoms with van der Waals surface area (Å²) in [5.41, 5.74) is 5.50. The maximum atomic E-state index is 5.92. The summed E-state index contributed by atoms with van der Waals surface area (Å²) >= 11 is 0. The lowest BCUT2D eigenvalue weighted by Gasteiger charge is -2.07. The van der Waals surface area contributed by atoms with Gasteiger partial charge in [0, 0.05) is 35.5 Å². The lowest BCUT2D eigenvalue weighted by Crippen LogP contribution is -1.97. The molecule has 0 fully saturated rings. The third-order valence-electron chi connectivity index (χ3n) is 6.49. The van der Waals surface area contributed by atoms with Crippen molar-refractivity contribution in [2.45, 2.75) is 104 Å². The van der Waals surface area contributed by atoms with Gasteiger partial charge in [-0.2, -0.15) is 0 Å². The minimum absolute atomic E-state index is 0.547. The lowest BCUT2D eigenvalue weighted by molar-refractivity contribution is 0.116. The first-order chi connectivity index (χ1) is 18.7. The van der Waals surface area contributed by atoms with Crippen molar-refractivity contribution in [2.75, 3.05) is 13.2 Å². The van der Waals surface area contributed by atoms with Crippen molar-refractivity contribution in [1.82, 2.24) is 0 Å². The van der Waals surface area contributed by atoms with Crippen molar-refractivity contribution in [3.8, 4) is 36.5 Å². The van der Waals surface area contributed by atoms with Crippen LogP contribution in [0.1, 0.15) is 124 Å². The first-order valence-electron chi connectivity index (χ1n) is 14.6. The molecule has 0 unspecified atom stereocenters. The Bertz CT molecular complexity index is 1000. The minimum Gasteiger partial charge on any atom is -0.377 e. The van der Waals surface area contributed by atoms with Gasteiger partial charge in [0.25, 0.3) is 0 Å². The molecule has 38 heavy (non-hydrogen) atoms. The second kappa shape index (κ2) is 20.1. The van der Waals surface area contributed by atoms with E-state index >= 15 is 0 Å². The minimum atomic E-state index is 0.547. The van der Waals surface area contributed by atoms with E-state index < -0.39 is 0 Å². The molecule has 0 atom stereocenters.